The van der Waals surface area contributed by atoms with Gasteiger partial charge < -0.3 is 5.73 Å². The summed E-state index contributed by atoms with van der Waals surface area (Å²) in [7, 11) is 0. The lowest BCUT2D eigenvalue weighted by atomic mass is 10.0. The van der Waals surface area contributed by atoms with Crippen molar-refractivity contribution < 1.29 is 4.92 Å². The van der Waals surface area contributed by atoms with E-state index in [9.17, 15) is 10.1 Å². The van der Waals surface area contributed by atoms with Crippen molar-refractivity contribution in [3.05, 3.63) is 57.6 Å². The van der Waals surface area contributed by atoms with Gasteiger partial charge in [-0.3, -0.25) is 10.1 Å². The second-order valence-corrected chi connectivity index (χ2v) is 3.89. The molecule has 0 amide bonds. The van der Waals surface area contributed by atoms with E-state index in [1.165, 1.54) is 6.07 Å². The fraction of sp³-hybridized carbons (Fsp3) is 0. The van der Waals surface area contributed by atoms with Gasteiger partial charge in [0.05, 0.1) is 10.5 Å². The predicted molar refractivity (Wildman–Crippen MR) is 68.0 cm³/mol. The van der Waals surface area contributed by atoms with Gasteiger partial charge in [-0.25, -0.2) is 0 Å². The molecule has 0 unspecified atom stereocenters. The van der Waals surface area contributed by atoms with Gasteiger partial charge >= 0.3 is 0 Å². The first-order valence-corrected chi connectivity index (χ1v) is 5.27. The van der Waals surface area contributed by atoms with Crippen molar-refractivity contribution in [2.45, 2.75) is 0 Å². The standard InChI is InChI=1S/C12H9ClN2O2/c13-9-5-2-1-4-8(9)12-10(14)6-3-7-11(12)15(16)17/h1-7H,14H2. The maximum absolute atomic E-state index is 11.0. The molecule has 0 heterocycles. The van der Waals surface area contributed by atoms with E-state index >= 15 is 0 Å². The fourth-order valence-corrected chi connectivity index (χ4v) is 1.90. The fourth-order valence-electron chi connectivity index (χ4n) is 1.67. The van der Waals surface area contributed by atoms with Gasteiger partial charge in [0.15, 0.2) is 0 Å². The number of nitrogens with two attached hydrogens (primary N) is 1. The van der Waals surface area contributed by atoms with Gasteiger partial charge in [0, 0.05) is 22.3 Å². The predicted octanol–water partition coefficient (Wildman–Crippen LogP) is 3.50. The van der Waals surface area contributed by atoms with E-state index in [-0.39, 0.29) is 5.69 Å². The van der Waals surface area contributed by atoms with Gasteiger partial charge in [0.2, 0.25) is 0 Å². The van der Waals surface area contributed by atoms with Crippen molar-refractivity contribution in [2.75, 3.05) is 5.73 Å². The first kappa shape index (κ1) is 11.4. The molecule has 0 aromatic heterocycles. The maximum atomic E-state index is 11.0. The number of nitro groups is 1. The molecule has 2 rings (SSSR count). The van der Waals surface area contributed by atoms with Gasteiger partial charge in [-0.05, 0) is 12.1 Å². The molecule has 0 saturated carbocycles. The number of rotatable bonds is 2. The Morgan fingerprint density at radius 1 is 1.12 bits per heavy atom. The molecule has 0 aliphatic rings. The number of hydrogen-bond acceptors (Lipinski definition) is 3. The highest BCUT2D eigenvalue weighted by Gasteiger charge is 2.19. The third kappa shape index (κ3) is 2.07. The molecule has 86 valence electrons. The Kier molecular flexibility index (Phi) is 2.97. The van der Waals surface area contributed by atoms with Crippen LogP contribution < -0.4 is 5.73 Å². The normalized spacial score (nSPS) is 10.2. The lowest BCUT2D eigenvalue weighted by molar-refractivity contribution is -0.384. The van der Waals surface area contributed by atoms with Crippen LogP contribution in [0, 0.1) is 10.1 Å². The van der Waals surface area contributed by atoms with Crippen molar-refractivity contribution in [1.82, 2.24) is 0 Å². The van der Waals surface area contributed by atoms with Crippen LogP contribution in [0.3, 0.4) is 0 Å². The molecule has 0 fully saturated rings. The highest BCUT2D eigenvalue weighted by Crippen LogP contribution is 2.38. The smallest absolute Gasteiger partial charge is 0.279 e. The van der Waals surface area contributed by atoms with E-state index in [1.54, 1.807) is 36.4 Å². The maximum Gasteiger partial charge on any atom is 0.279 e. The van der Waals surface area contributed by atoms with E-state index in [0.717, 1.165) is 0 Å². The van der Waals surface area contributed by atoms with E-state index in [0.29, 0.717) is 21.8 Å². The van der Waals surface area contributed by atoms with E-state index in [1.807, 2.05) is 0 Å². The van der Waals surface area contributed by atoms with Crippen molar-refractivity contribution >= 4 is 23.0 Å². The zero-order valence-corrected chi connectivity index (χ0v) is 9.52. The molecule has 2 N–H and O–H groups in total. The lowest BCUT2D eigenvalue weighted by Gasteiger charge is -2.08. The highest BCUT2D eigenvalue weighted by atomic mass is 35.5. The van der Waals surface area contributed by atoms with Gasteiger partial charge in [-0.2, -0.15) is 0 Å². The Balaban J connectivity index is 2.75. The van der Waals surface area contributed by atoms with Crippen LogP contribution in [0.25, 0.3) is 11.1 Å². The minimum Gasteiger partial charge on any atom is -0.398 e. The minimum absolute atomic E-state index is 0.0434. The summed E-state index contributed by atoms with van der Waals surface area (Å²) in [5, 5.41) is 11.4. The number of nitrogen functional groups attached to an aromatic ring is 1. The van der Waals surface area contributed by atoms with Crippen LogP contribution in [-0.4, -0.2) is 4.92 Å². The molecular formula is C12H9ClN2O2. The van der Waals surface area contributed by atoms with Crippen LogP contribution in [0.5, 0.6) is 0 Å². The molecule has 0 saturated heterocycles. The summed E-state index contributed by atoms with van der Waals surface area (Å²) in [5.74, 6) is 0. The van der Waals surface area contributed by atoms with Gasteiger partial charge in [0.1, 0.15) is 0 Å². The molecule has 0 aliphatic heterocycles. The minimum atomic E-state index is -0.463. The Morgan fingerprint density at radius 3 is 2.47 bits per heavy atom. The second-order valence-electron chi connectivity index (χ2n) is 3.48. The van der Waals surface area contributed by atoms with Gasteiger partial charge in [-0.15, -0.1) is 0 Å². The third-order valence-electron chi connectivity index (χ3n) is 2.41. The van der Waals surface area contributed by atoms with E-state index < -0.39 is 4.92 Å². The van der Waals surface area contributed by atoms with Crippen LogP contribution in [0.4, 0.5) is 11.4 Å². The second kappa shape index (κ2) is 4.43. The summed E-state index contributed by atoms with van der Waals surface area (Å²) in [6.45, 7) is 0. The Labute approximate surface area is 103 Å². The summed E-state index contributed by atoms with van der Waals surface area (Å²) in [6, 6.07) is 11.5. The average Bonchev–Trinajstić information content (AvgIpc) is 2.30. The van der Waals surface area contributed by atoms with Crippen LogP contribution >= 0.6 is 11.6 Å². The van der Waals surface area contributed by atoms with Crippen LogP contribution in [0.1, 0.15) is 0 Å². The molecule has 5 heteroatoms. The van der Waals surface area contributed by atoms with E-state index in [4.69, 9.17) is 17.3 Å². The molecular weight excluding hydrogens is 240 g/mol. The monoisotopic (exact) mass is 248 g/mol. The number of nitrogens with zero attached hydrogens (tertiary/aromatic N) is 1. The van der Waals surface area contributed by atoms with Gasteiger partial charge in [0.25, 0.3) is 5.69 Å². The number of benzene rings is 2. The molecule has 2 aromatic rings. The third-order valence-corrected chi connectivity index (χ3v) is 2.74. The average molecular weight is 249 g/mol. The van der Waals surface area contributed by atoms with Crippen LogP contribution in [0.2, 0.25) is 5.02 Å². The molecule has 4 nitrogen and oxygen atoms in total. The molecule has 2 aromatic carbocycles. The lowest BCUT2D eigenvalue weighted by Crippen LogP contribution is -1.97. The molecule has 0 atom stereocenters. The van der Waals surface area contributed by atoms with Crippen LogP contribution in [0.15, 0.2) is 42.5 Å². The van der Waals surface area contributed by atoms with Crippen molar-refractivity contribution in [1.29, 1.82) is 0 Å². The largest absolute Gasteiger partial charge is 0.398 e. The zero-order valence-electron chi connectivity index (χ0n) is 8.76. The molecule has 0 radical (unpaired) electrons. The summed E-state index contributed by atoms with van der Waals surface area (Å²) in [5.41, 5.74) is 7.03. The Hall–Kier alpha value is -2.07. The summed E-state index contributed by atoms with van der Waals surface area (Å²) in [4.78, 5) is 10.5. The quantitative estimate of drug-likeness (QED) is 0.502. The zero-order chi connectivity index (χ0) is 12.4. The summed E-state index contributed by atoms with van der Waals surface area (Å²) < 4.78 is 0. The first-order chi connectivity index (χ1) is 8.11. The SMILES string of the molecule is Nc1cccc([N+](=O)[O-])c1-c1ccccc1Cl. The van der Waals surface area contributed by atoms with Crippen molar-refractivity contribution in [3.8, 4) is 11.1 Å². The van der Waals surface area contributed by atoms with Gasteiger partial charge in [-0.1, -0.05) is 35.9 Å². The first-order valence-electron chi connectivity index (χ1n) is 4.89. The summed E-state index contributed by atoms with van der Waals surface area (Å²) >= 11 is 6.03. The Bertz CT molecular complexity index is 584. The highest BCUT2D eigenvalue weighted by molar-refractivity contribution is 6.33. The van der Waals surface area contributed by atoms with Crippen LogP contribution in [-0.2, 0) is 0 Å². The topological polar surface area (TPSA) is 69.2 Å². The molecule has 17 heavy (non-hydrogen) atoms. The van der Waals surface area contributed by atoms with Crippen molar-refractivity contribution in [2.24, 2.45) is 0 Å². The molecule has 0 bridgehead atoms. The number of anilines is 1. The molecule has 0 spiro atoms. The van der Waals surface area contributed by atoms with Crippen molar-refractivity contribution in [3.63, 3.8) is 0 Å². The number of hydrogen-bond donors (Lipinski definition) is 1. The number of halogens is 1. The molecule has 0 aliphatic carbocycles. The summed E-state index contributed by atoms with van der Waals surface area (Å²) in [6.07, 6.45) is 0. The van der Waals surface area contributed by atoms with E-state index in [2.05, 4.69) is 0 Å². The number of nitro benzene ring substituents is 1. The Morgan fingerprint density at radius 2 is 1.82 bits per heavy atom.